The molecule has 1 saturated heterocycles. The molecule has 1 unspecified atom stereocenters. The van der Waals surface area contributed by atoms with E-state index in [0.29, 0.717) is 0 Å². The Morgan fingerprint density at radius 3 is 2.76 bits per heavy atom. The average Bonchev–Trinajstić information content (AvgIpc) is 2.44. The molecule has 0 aromatic heterocycles. The number of hydrogen-bond acceptors (Lipinski definition) is 2. The molecule has 0 aliphatic carbocycles. The molecule has 0 spiro atoms. The number of nitrogens with one attached hydrogen (secondary N) is 1. The zero-order valence-electron chi connectivity index (χ0n) is 15.0. The van der Waals surface area contributed by atoms with Crippen LogP contribution in [-0.2, 0) is 0 Å². The fourth-order valence-electron chi connectivity index (χ4n) is 3.17. The van der Waals surface area contributed by atoms with E-state index in [0.717, 1.165) is 12.0 Å². The predicted octanol–water partition coefficient (Wildman–Crippen LogP) is 4.61. The maximum atomic E-state index is 3.63. The first-order chi connectivity index (χ1) is 10.1. The Bertz CT molecular complexity index is 281. The van der Waals surface area contributed by atoms with Gasteiger partial charge in [0.1, 0.15) is 0 Å². The van der Waals surface area contributed by atoms with Crippen LogP contribution in [0.2, 0.25) is 0 Å². The summed E-state index contributed by atoms with van der Waals surface area (Å²) in [4.78, 5) is 2.67. The highest BCUT2D eigenvalue weighted by Gasteiger charge is 2.16. The lowest BCUT2D eigenvalue weighted by molar-refractivity contribution is 0.159. The average molecular weight is 295 g/mol. The SMILES string of the molecule is CC(C)=CCC[C@H](C)CCNCCCN1CCCCC1C. The highest BCUT2D eigenvalue weighted by atomic mass is 15.2. The second-order valence-electron chi connectivity index (χ2n) is 7.24. The van der Waals surface area contributed by atoms with Gasteiger partial charge in [0.05, 0.1) is 0 Å². The van der Waals surface area contributed by atoms with Crippen molar-refractivity contribution >= 4 is 0 Å². The Morgan fingerprint density at radius 2 is 2.05 bits per heavy atom. The van der Waals surface area contributed by atoms with E-state index in [1.54, 1.807) is 0 Å². The molecule has 0 saturated carbocycles. The van der Waals surface area contributed by atoms with Crippen molar-refractivity contribution < 1.29 is 0 Å². The molecule has 0 bridgehead atoms. The van der Waals surface area contributed by atoms with Gasteiger partial charge in [0, 0.05) is 6.04 Å². The molecule has 0 radical (unpaired) electrons. The standard InChI is InChI=1S/C19H38N2/c1-17(2)9-7-10-18(3)12-14-20-13-8-16-21-15-6-5-11-19(21)4/h9,18-20H,5-8,10-16H2,1-4H3/t18-,19?/m0/s1. The Kier molecular flexibility index (Phi) is 10.0. The van der Waals surface area contributed by atoms with E-state index in [2.05, 4.69) is 44.0 Å². The van der Waals surface area contributed by atoms with Gasteiger partial charge in [-0.2, -0.15) is 0 Å². The van der Waals surface area contributed by atoms with Crippen LogP contribution < -0.4 is 5.32 Å². The molecule has 2 atom stereocenters. The molecule has 1 rings (SSSR count). The van der Waals surface area contributed by atoms with Gasteiger partial charge < -0.3 is 10.2 Å². The maximum absolute atomic E-state index is 3.63. The molecule has 1 N–H and O–H groups in total. The van der Waals surface area contributed by atoms with Crippen molar-refractivity contribution in [3.8, 4) is 0 Å². The van der Waals surface area contributed by atoms with Crippen LogP contribution in [0.25, 0.3) is 0 Å². The Morgan fingerprint density at radius 1 is 1.24 bits per heavy atom. The van der Waals surface area contributed by atoms with Crippen LogP contribution >= 0.6 is 0 Å². The molecule has 2 nitrogen and oxygen atoms in total. The van der Waals surface area contributed by atoms with Gasteiger partial charge >= 0.3 is 0 Å². The zero-order valence-corrected chi connectivity index (χ0v) is 15.0. The van der Waals surface area contributed by atoms with E-state index in [4.69, 9.17) is 0 Å². The molecule has 1 aliphatic rings. The Hall–Kier alpha value is -0.340. The van der Waals surface area contributed by atoms with E-state index in [9.17, 15) is 0 Å². The van der Waals surface area contributed by atoms with Crippen LogP contribution in [0, 0.1) is 5.92 Å². The van der Waals surface area contributed by atoms with Gasteiger partial charge in [-0.1, -0.05) is 25.0 Å². The highest BCUT2D eigenvalue weighted by molar-refractivity contribution is 4.92. The summed E-state index contributed by atoms with van der Waals surface area (Å²) in [6, 6.07) is 0.814. The van der Waals surface area contributed by atoms with Gasteiger partial charge in [0.2, 0.25) is 0 Å². The minimum Gasteiger partial charge on any atom is -0.317 e. The zero-order chi connectivity index (χ0) is 15.5. The molecule has 2 heteroatoms. The largest absolute Gasteiger partial charge is 0.317 e. The minimum atomic E-state index is 0.814. The third-order valence-electron chi connectivity index (χ3n) is 4.77. The topological polar surface area (TPSA) is 15.3 Å². The summed E-state index contributed by atoms with van der Waals surface area (Å²) in [5.74, 6) is 0.843. The molecule has 1 heterocycles. The minimum absolute atomic E-state index is 0.814. The third kappa shape index (κ3) is 9.31. The molecule has 0 aromatic rings. The van der Waals surface area contributed by atoms with E-state index < -0.39 is 0 Å². The fraction of sp³-hybridized carbons (Fsp3) is 0.895. The first kappa shape index (κ1) is 18.7. The van der Waals surface area contributed by atoms with E-state index >= 15 is 0 Å². The Labute approximate surface area is 133 Å². The van der Waals surface area contributed by atoms with Crippen LogP contribution in [0.5, 0.6) is 0 Å². The number of rotatable bonds is 10. The first-order valence-corrected chi connectivity index (χ1v) is 9.17. The summed E-state index contributed by atoms with van der Waals surface area (Å²) in [6.45, 7) is 14.1. The first-order valence-electron chi connectivity index (χ1n) is 9.17. The summed E-state index contributed by atoms with van der Waals surface area (Å²) in [5, 5.41) is 3.63. The summed E-state index contributed by atoms with van der Waals surface area (Å²) in [5.41, 5.74) is 1.45. The molecule has 0 aromatic carbocycles. The number of hydrogen-bond donors (Lipinski definition) is 1. The summed E-state index contributed by atoms with van der Waals surface area (Å²) in [6.07, 6.45) is 11.8. The van der Waals surface area contributed by atoms with Gasteiger partial charge in [-0.15, -0.1) is 0 Å². The molecular weight excluding hydrogens is 256 g/mol. The van der Waals surface area contributed by atoms with Gasteiger partial charge in [-0.05, 0) is 91.4 Å². The third-order valence-corrected chi connectivity index (χ3v) is 4.77. The summed E-state index contributed by atoms with van der Waals surface area (Å²) in [7, 11) is 0. The molecule has 124 valence electrons. The molecule has 0 amide bonds. The van der Waals surface area contributed by atoms with E-state index in [1.807, 2.05) is 0 Å². The molecular formula is C19H38N2. The summed E-state index contributed by atoms with van der Waals surface area (Å²) < 4.78 is 0. The molecule has 21 heavy (non-hydrogen) atoms. The Balaban J connectivity index is 1.93. The normalized spacial score (nSPS) is 21.2. The van der Waals surface area contributed by atoms with Gasteiger partial charge in [-0.3, -0.25) is 0 Å². The van der Waals surface area contributed by atoms with Crippen molar-refractivity contribution in [2.45, 2.75) is 78.7 Å². The van der Waals surface area contributed by atoms with Gasteiger partial charge in [0.25, 0.3) is 0 Å². The van der Waals surface area contributed by atoms with E-state index in [1.165, 1.54) is 76.7 Å². The fourth-order valence-corrected chi connectivity index (χ4v) is 3.17. The lowest BCUT2D eigenvalue weighted by Crippen LogP contribution is -2.39. The number of likely N-dealkylation sites (tertiary alicyclic amines) is 1. The van der Waals surface area contributed by atoms with Crippen LogP contribution in [0.15, 0.2) is 11.6 Å². The smallest absolute Gasteiger partial charge is 0.00669 e. The van der Waals surface area contributed by atoms with Crippen LogP contribution in [0.1, 0.15) is 72.6 Å². The number of nitrogens with zero attached hydrogens (tertiary/aromatic N) is 1. The molecule has 1 aliphatic heterocycles. The van der Waals surface area contributed by atoms with Crippen molar-refractivity contribution in [3.05, 3.63) is 11.6 Å². The van der Waals surface area contributed by atoms with Crippen molar-refractivity contribution in [2.75, 3.05) is 26.2 Å². The van der Waals surface area contributed by atoms with Crippen LogP contribution in [0.3, 0.4) is 0 Å². The van der Waals surface area contributed by atoms with Crippen LogP contribution in [0.4, 0.5) is 0 Å². The van der Waals surface area contributed by atoms with Gasteiger partial charge in [-0.25, -0.2) is 0 Å². The van der Waals surface area contributed by atoms with E-state index in [-0.39, 0.29) is 0 Å². The lowest BCUT2D eigenvalue weighted by atomic mass is 10.0. The second-order valence-corrected chi connectivity index (χ2v) is 7.24. The van der Waals surface area contributed by atoms with Crippen molar-refractivity contribution in [3.63, 3.8) is 0 Å². The second kappa shape index (κ2) is 11.3. The monoisotopic (exact) mass is 294 g/mol. The molecule has 1 fully saturated rings. The van der Waals surface area contributed by atoms with Crippen molar-refractivity contribution in [1.82, 2.24) is 10.2 Å². The maximum Gasteiger partial charge on any atom is 0.00669 e. The lowest BCUT2D eigenvalue weighted by Gasteiger charge is -2.33. The number of piperidine rings is 1. The van der Waals surface area contributed by atoms with Gasteiger partial charge in [0.15, 0.2) is 0 Å². The highest BCUT2D eigenvalue weighted by Crippen LogP contribution is 2.16. The van der Waals surface area contributed by atoms with Crippen LogP contribution in [-0.4, -0.2) is 37.1 Å². The van der Waals surface area contributed by atoms with Crippen molar-refractivity contribution in [1.29, 1.82) is 0 Å². The number of allylic oxidation sites excluding steroid dienone is 2. The quantitative estimate of drug-likeness (QED) is 0.467. The summed E-state index contributed by atoms with van der Waals surface area (Å²) >= 11 is 0. The van der Waals surface area contributed by atoms with Crippen molar-refractivity contribution in [2.24, 2.45) is 5.92 Å². The predicted molar refractivity (Wildman–Crippen MR) is 94.8 cm³/mol.